The number of nitrogens with one attached hydrogen (secondary N) is 1. The molecule has 1 fully saturated rings. The molecule has 0 spiro atoms. The Bertz CT molecular complexity index is 411. The van der Waals surface area contributed by atoms with E-state index in [1.54, 1.807) is 0 Å². The van der Waals surface area contributed by atoms with Crippen LogP contribution >= 0.6 is 12.4 Å². The highest BCUT2D eigenvalue weighted by Crippen LogP contribution is 2.18. The van der Waals surface area contributed by atoms with E-state index in [1.807, 2.05) is 31.2 Å². The quantitative estimate of drug-likeness (QED) is 0.850. The molecule has 1 heterocycles. The second-order valence-electron chi connectivity index (χ2n) is 4.28. The predicted octanol–water partition coefficient (Wildman–Crippen LogP) is 1.70. The number of ether oxygens (including phenoxy) is 2. The molecule has 2 atom stereocenters. The molecule has 5 heteroatoms. The summed E-state index contributed by atoms with van der Waals surface area (Å²) in [6.07, 6.45) is 0.682. The lowest BCUT2D eigenvalue weighted by Gasteiger charge is -2.13. The fourth-order valence-electron chi connectivity index (χ4n) is 2.00. The maximum absolute atomic E-state index is 11.3. The van der Waals surface area contributed by atoms with E-state index in [4.69, 9.17) is 9.47 Å². The number of rotatable bonds is 3. The van der Waals surface area contributed by atoms with Crippen molar-refractivity contribution in [3.05, 3.63) is 29.8 Å². The van der Waals surface area contributed by atoms with E-state index in [1.165, 1.54) is 7.11 Å². The van der Waals surface area contributed by atoms with Gasteiger partial charge in [-0.25, -0.2) is 0 Å². The third kappa shape index (κ3) is 3.62. The summed E-state index contributed by atoms with van der Waals surface area (Å²) < 4.78 is 10.5. The zero-order valence-corrected chi connectivity index (χ0v) is 11.3. The summed E-state index contributed by atoms with van der Waals surface area (Å²) in [6, 6.07) is 7.67. The molecule has 2 rings (SSSR count). The van der Waals surface area contributed by atoms with Gasteiger partial charge >= 0.3 is 5.97 Å². The maximum Gasteiger partial charge on any atom is 0.323 e. The van der Waals surface area contributed by atoms with Gasteiger partial charge in [0.05, 0.1) is 7.11 Å². The molecule has 0 aliphatic carbocycles. The normalized spacial score (nSPS) is 22.1. The van der Waals surface area contributed by atoms with Crippen molar-refractivity contribution in [2.75, 3.05) is 13.7 Å². The van der Waals surface area contributed by atoms with Crippen LogP contribution in [0.3, 0.4) is 0 Å². The first-order chi connectivity index (χ1) is 8.19. The average Bonchev–Trinajstić information content (AvgIpc) is 2.76. The molecular formula is C13H18ClNO3. The number of aryl methyl sites for hydroxylation is 1. The minimum atomic E-state index is -0.241. The topological polar surface area (TPSA) is 47.6 Å². The van der Waals surface area contributed by atoms with Gasteiger partial charge in [0.25, 0.3) is 0 Å². The number of carbonyl (C=O) groups is 1. The van der Waals surface area contributed by atoms with Crippen molar-refractivity contribution < 1.29 is 14.3 Å². The lowest BCUT2D eigenvalue weighted by molar-refractivity contribution is -0.142. The molecule has 0 bridgehead atoms. The lowest BCUT2D eigenvalue weighted by atomic mass is 10.2. The highest BCUT2D eigenvalue weighted by atomic mass is 35.5. The third-order valence-electron chi connectivity index (χ3n) is 2.87. The third-order valence-corrected chi connectivity index (χ3v) is 2.87. The first kappa shape index (κ1) is 14.8. The number of hydrogen-bond donors (Lipinski definition) is 1. The van der Waals surface area contributed by atoms with Gasteiger partial charge in [-0.15, -0.1) is 12.4 Å². The molecule has 1 aliphatic heterocycles. The van der Waals surface area contributed by atoms with Crippen LogP contribution < -0.4 is 10.1 Å². The fraction of sp³-hybridized carbons (Fsp3) is 0.462. The van der Waals surface area contributed by atoms with E-state index in [0.717, 1.165) is 11.3 Å². The van der Waals surface area contributed by atoms with Crippen LogP contribution in [0.15, 0.2) is 24.3 Å². The number of hydrogen-bond acceptors (Lipinski definition) is 4. The van der Waals surface area contributed by atoms with Crippen molar-refractivity contribution in [1.82, 2.24) is 5.32 Å². The largest absolute Gasteiger partial charge is 0.489 e. The molecule has 1 saturated heterocycles. The van der Waals surface area contributed by atoms with Crippen molar-refractivity contribution in [3.8, 4) is 5.75 Å². The second-order valence-corrected chi connectivity index (χ2v) is 4.28. The van der Waals surface area contributed by atoms with E-state index < -0.39 is 0 Å². The molecule has 1 N–H and O–H groups in total. The standard InChI is InChI=1S/C13H17NO3.ClH/c1-9-4-3-5-10(6-9)17-11-7-12(14-8-11)13(15)16-2;/h3-6,11-12,14H,7-8H2,1-2H3;1H. The minimum Gasteiger partial charge on any atom is -0.489 e. The Balaban J connectivity index is 0.00000162. The molecular weight excluding hydrogens is 254 g/mol. The number of methoxy groups -OCH3 is 1. The Morgan fingerprint density at radius 1 is 1.44 bits per heavy atom. The van der Waals surface area contributed by atoms with Crippen LogP contribution in [0.5, 0.6) is 5.75 Å². The van der Waals surface area contributed by atoms with E-state index in [0.29, 0.717) is 13.0 Å². The highest BCUT2D eigenvalue weighted by molar-refractivity contribution is 5.85. The molecule has 0 amide bonds. The molecule has 1 aromatic rings. The van der Waals surface area contributed by atoms with E-state index in [2.05, 4.69) is 5.32 Å². The van der Waals surface area contributed by atoms with Crippen LogP contribution in [-0.4, -0.2) is 31.8 Å². The van der Waals surface area contributed by atoms with Crippen LogP contribution in [0.1, 0.15) is 12.0 Å². The molecule has 1 aromatic carbocycles. The smallest absolute Gasteiger partial charge is 0.323 e. The van der Waals surface area contributed by atoms with Crippen LogP contribution in [0.2, 0.25) is 0 Å². The van der Waals surface area contributed by atoms with Gasteiger partial charge in [0, 0.05) is 13.0 Å². The zero-order valence-electron chi connectivity index (χ0n) is 10.5. The lowest BCUT2D eigenvalue weighted by Crippen LogP contribution is -2.31. The Morgan fingerprint density at radius 3 is 2.89 bits per heavy atom. The van der Waals surface area contributed by atoms with Gasteiger partial charge in [-0.2, -0.15) is 0 Å². The van der Waals surface area contributed by atoms with Crippen molar-refractivity contribution in [2.24, 2.45) is 0 Å². The average molecular weight is 272 g/mol. The molecule has 1 aliphatic rings. The van der Waals surface area contributed by atoms with E-state index >= 15 is 0 Å². The summed E-state index contributed by atoms with van der Waals surface area (Å²) in [7, 11) is 1.40. The number of benzene rings is 1. The summed E-state index contributed by atoms with van der Waals surface area (Å²) in [5, 5.41) is 3.09. The summed E-state index contributed by atoms with van der Waals surface area (Å²) in [4.78, 5) is 11.3. The Labute approximate surface area is 113 Å². The molecule has 18 heavy (non-hydrogen) atoms. The molecule has 0 radical (unpaired) electrons. The van der Waals surface area contributed by atoms with Crippen molar-refractivity contribution in [3.63, 3.8) is 0 Å². The summed E-state index contributed by atoms with van der Waals surface area (Å²) in [5.74, 6) is 0.627. The van der Waals surface area contributed by atoms with Gasteiger partial charge in [0.1, 0.15) is 17.9 Å². The van der Waals surface area contributed by atoms with Crippen molar-refractivity contribution >= 4 is 18.4 Å². The van der Waals surface area contributed by atoms with E-state index in [9.17, 15) is 4.79 Å². The fourth-order valence-corrected chi connectivity index (χ4v) is 2.00. The monoisotopic (exact) mass is 271 g/mol. The van der Waals surface area contributed by atoms with Crippen molar-refractivity contribution in [1.29, 1.82) is 0 Å². The predicted molar refractivity (Wildman–Crippen MR) is 71.3 cm³/mol. The van der Waals surface area contributed by atoms with Crippen LogP contribution in [-0.2, 0) is 9.53 Å². The van der Waals surface area contributed by atoms with Gasteiger partial charge in [-0.1, -0.05) is 12.1 Å². The van der Waals surface area contributed by atoms with Gasteiger partial charge in [-0.3, -0.25) is 4.79 Å². The summed E-state index contributed by atoms with van der Waals surface area (Å²) in [5.41, 5.74) is 1.16. The van der Waals surface area contributed by atoms with Gasteiger partial charge in [0.15, 0.2) is 0 Å². The maximum atomic E-state index is 11.3. The summed E-state index contributed by atoms with van der Waals surface area (Å²) >= 11 is 0. The molecule has 2 unspecified atom stereocenters. The Hall–Kier alpha value is -1.26. The summed E-state index contributed by atoms with van der Waals surface area (Å²) in [6.45, 7) is 2.70. The number of halogens is 1. The van der Waals surface area contributed by atoms with E-state index in [-0.39, 0.29) is 30.5 Å². The van der Waals surface area contributed by atoms with Crippen LogP contribution in [0, 0.1) is 6.92 Å². The Morgan fingerprint density at radius 2 is 2.22 bits per heavy atom. The van der Waals surface area contributed by atoms with Crippen molar-refractivity contribution in [2.45, 2.75) is 25.5 Å². The minimum absolute atomic E-state index is 0. The zero-order chi connectivity index (χ0) is 12.3. The number of carbonyl (C=O) groups excluding carboxylic acids is 1. The molecule has 4 nitrogen and oxygen atoms in total. The molecule has 0 saturated carbocycles. The number of esters is 1. The second kappa shape index (κ2) is 6.61. The Kier molecular flexibility index (Phi) is 5.44. The SMILES string of the molecule is COC(=O)C1CC(Oc2cccc(C)c2)CN1.Cl. The highest BCUT2D eigenvalue weighted by Gasteiger charge is 2.31. The first-order valence-corrected chi connectivity index (χ1v) is 5.73. The first-order valence-electron chi connectivity index (χ1n) is 5.73. The van der Waals surface area contributed by atoms with Gasteiger partial charge < -0.3 is 14.8 Å². The van der Waals surface area contributed by atoms with Crippen LogP contribution in [0.4, 0.5) is 0 Å². The molecule has 100 valence electrons. The van der Waals surface area contributed by atoms with Crippen LogP contribution in [0.25, 0.3) is 0 Å². The molecule has 0 aromatic heterocycles. The van der Waals surface area contributed by atoms with Gasteiger partial charge in [-0.05, 0) is 24.6 Å². The van der Waals surface area contributed by atoms with Gasteiger partial charge in [0.2, 0.25) is 0 Å².